The Morgan fingerprint density at radius 2 is 1.39 bits per heavy atom. The van der Waals surface area contributed by atoms with E-state index in [-0.39, 0.29) is 11.6 Å². The molecule has 3 aromatic rings. The molecule has 0 aliphatic rings. The van der Waals surface area contributed by atoms with E-state index >= 15 is 0 Å². The fourth-order valence-corrected chi connectivity index (χ4v) is 2.15. The number of nitrogen functional groups attached to an aromatic ring is 1. The number of alkyl halides is 6. The van der Waals surface area contributed by atoms with Crippen LogP contribution in [0.25, 0.3) is 0 Å². The predicted octanol–water partition coefficient (Wildman–Crippen LogP) is 3.10. The van der Waals surface area contributed by atoms with Crippen LogP contribution < -0.4 is 20.8 Å². The Hall–Kier alpha value is -5.62. The van der Waals surface area contributed by atoms with Gasteiger partial charge in [-0.05, 0) is 24.3 Å². The lowest BCUT2D eigenvalue weighted by Gasteiger charge is -2.04. The summed E-state index contributed by atoms with van der Waals surface area (Å²) in [6.07, 6.45) is 3.80. The number of aromatic amines is 1. The number of carbonyl (C=O) groups is 1. The number of nitrogens with two attached hydrogens (primary N) is 1. The van der Waals surface area contributed by atoms with Crippen molar-refractivity contribution in [2.45, 2.75) is 18.5 Å². The minimum atomic E-state index is -6.33. The lowest BCUT2D eigenvalue weighted by atomic mass is 10.4. The maximum atomic E-state index is 11.7. The summed E-state index contributed by atoms with van der Waals surface area (Å²) in [5, 5.41) is 22.3. The van der Waals surface area contributed by atoms with Crippen LogP contribution in [0.4, 0.5) is 47.3 Å². The Bertz CT molecular complexity index is 1580. The lowest BCUT2D eigenvalue weighted by molar-refractivity contribution is -0.386. The Balaban J connectivity index is 0.000000564. The zero-order valence-electron chi connectivity index (χ0n) is 20.8. The first-order valence-electron chi connectivity index (χ1n) is 10.3. The van der Waals surface area contributed by atoms with Crippen molar-refractivity contribution < 1.29 is 67.9 Å². The summed E-state index contributed by atoms with van der Waals surface area (Å²) in [5.74, 6) is -3.94. The van der Waals surface area contributed by atoms with E-state index in [1.165, 1.54) is 36.7 Å². The highest BCUT2D eigenvalue weighted by Crippen LogP contribution is 2.24. The van der Waals surface area contributed by atoms with Crippen LogP contribution in [0.1, 0.15) is 0 Å². The number of carboxylic acids is 1. The molecule has 0 radical (unpaired) electrons. The highest BCUT2D eigenvalue weighted by atomic mass is 32.3. The molecular formula is C19H15F7N6O11S. The van der Waals surface area contributed by atoms with Crippen molar-refractivity contribution in [3.63, 3.8) is 0 Å². The lowest BCUT2D eigenvalue weighted by Crippen LogP contribution is -2.34. The first-order chi connectivity index (χ1) is 20.2. The molecule has 0 atom stereocenters. The number of nitrogens with one attached hydrogen (secondary N) is 1. The maximum Gasteiger partial charge on any atom is 0.470 e. The second-order valence-electron chi connectivity index (χ2n) is 6.64. The average Bonchev–Trinajstić information content (AvgIpc) is 2.90. The number of hydrogen-bond acceptors (Lipinski definition) is 13. The molecule has 0 saturated carbocycles. The number of aliphatic carboxylic acids is 1. The topological polar surface area (TPSA) is 261 Å². The van der Waals surface area contributed by atoms with Crippen LogP contribution in [0, 0.1) is 20.2 Å². The van der Waals surface area contributed by atoms with Crippen molar-refractivity contribution in [3.8, 4) is 11.8 Å². The summed E-state index contributed by atoms with van der Waals surface area (Å²) in [5.41, 5.74) is 3.67. The monoisotopic (exact) mass is 668 g/mol. The molecule has 0 spiro atoms. The molecule has 17 nitrogen and oxygen atoms in total. The van der Waals surface area contributed by atoms with E-state index in [0.717, 1.165) is 18.3 Å². The number of carboxylic acid groups (broad SMARTS) is 1. The fourth-order valence-electron chi connectivity index (χ4n) is 1.94. The second kappa shape index (κ2) is 17.4. The standard InChI is InChI=1S/C6H4F2N2O3.C6H6F2N2O.C5H4N2O3.C2HF3O4S/c7-6(8)13-5-4(10(11)12)2-1-3-9-5;7-6(8)11-5-4(9)2-1-3-10-5;8-5-4(7(9)10)2-1-3-6-5;3-2(4,1(6)7)10(5,8)9/h1-3,6H;1-3,6H,9H2;1-3H,(H,6,8);(H,6,7). The normalized spacial score (nSPS) is 10.6. The van der Waals surface area contributed by atoms with Crippen LogP contribution in [0.15, 0.2) is 59.8 Å². The van der Waals surface area contributed by atoms with E-state index in [4.69, 9.17) is 10.8 Å². The quantitative estimate of drug-likeness (QED) is 0.135. The van der Waals surface area contributed by atoms with E-state index in [2.05, 4.69) is 24.4 Å². The maximum absolute atomic E-state index is 11.7. The molecule has 242 valence electrons. The number of H-pyrrole nitrogens is 1. The third-order valence-corrected chi connectivity index (χ3v) is 4.49. The van der Waals surface area contributed by atoms with Gasteiger partial charge in [-0.15, -0.1) is 0 Å². The summed E-state index contributed by atoms with van der Waals surface area (Å²) in [6, 6.07) is 7.82. The smallest absolute Gasteiger partial charge is 0.470 e. The Labute approximate surface area is 238 Å². The molecule has 4 N–H and O–H groups in total. The number of nitro groups is 2. The Kier molecular flexibility index (Phi) is 15.1. The summed E-state index contributed by atoms with van der Waals surface area (Å²) < 4.78 is 107. The van der Waals surface area contributed by atoms with Gasteiger partial charge in [0.05, 0.1) is 15.5 Å². The summed E-state index contributed by atoms with van der Waals surface area (Å²) in [7, 11) is -6.33. The van der Waals surface area contributed by atoms with Gasteiger partial charge in [0, 0.05) is 30.7 Å². The van der Waals surface area contributed by atoms with Crippen molar-refractivity contribution in [1.82, 2.24) is 15.0 Å². The summed E-state index contributed by atoms with van der Waals surface area (Å²) in [6.45, 7) is -6.00. The van der Waals surface area contributed by atoms with E-state index in [1.807, 2.05) is 0 Å². The number of anilines is 1. The number of ether oxygens (including phenoxy) is 2. The zero-order valence-corrected chi connectivity index (χ0v) is 21.6. The van der Waals surface area contributed by atoms with Gasteiger partial charge < -0.3 is 25.3 Å². The molecule has 3 rings (SSSR count). The van der Waals surface area contributed by atoms with E-state index < -0.39 is 67.3 Å². The van der Waals surface area contributed by atoms with Gasteiger partial charge in [-0.3, -0.25) is 25.0 Å². The SMILES string of the molecule is Nc1cccnc1OC(F)F.O=C(O)C(F)(F)S(=O)(=O)F.O=[N+]([O-])c1cccnc1OC(F)F.O=c1[nH]cccc1[N+](=O)[O-]. The molecule has 0 aromatic carbocycles. The zero-order chi connectivity index (χ0) is 34.3. The third kappa shape index (κ3) is 13.4. The molecule has 0 aliphatic carbocycles. The van der Waals surface area contributed by atoms with E-state index in [9.17, 15) is 68.5 Å². The van der Waals surface area contributed by atoms with Crippen LogP contribution >= 0.6 is 0 Å². The Morgan fingerprint density at radius 1 is 0.932 bits per heavy atom. The average molecular weight is 668 g/mol. The predicted molar refractivity (Wildman–Crippen MR) is 129 cm³/mol. The molecule has 0 saturated heterocycles. The van der Waals surface area contributed by atoms with Crippen LogP contribution in [0.2, 0.25) is 0 Å². The molecule has 0 unspecified atom stereocenters. The number of nitrogens with zero attached hydrogens (tertiary/aromatic N) is 4. The van der Waals surface area contributed by atoms with Gasteiger partial charge >= 0.3 is 51.6 Å². The molecule has 44 heavy (non-hydrogen) atoms. The number of pyridine rings is 3. The van der Waals surface area contributed by atoms with E-state index in [1.54, 1.807) is 0 Å². The number of halogens is 7. The minimum Gasteiger partial charge on any atom is -0.476 e. The second-order valence-corrected chi connectivity index (χ2v) is 8.03. The van der Waals surface area contributed by atoms with Crippen molar-refractivity contribution in [1.29, 1.82) is 0 Å². The summed E-state index contributed by atoms with van der Waals surface area (Å²) >= 11 is 0. The fraction of sp³-hybridized carbons (Fsp3) is 0.158. The van der Waals surface area contributed by atoms with Crippen molar-refractivity contribution in [2.75, 3.05) is 5.73 Å². The van der Waals surface area contributed by atoms with Crippen LogP contribution in [-0.4, -0.2) is 62.8 Å². The highest BCUT2D eigenvalue weighted by Gasteiger charge is 2.54. The van der Waals surface area contributed by atoms with Crippen LogP contribution in [0.5, 0.6) is 11.8 Å². The van der Waals surface area contributed by atoms with E-state index in [0.29, 0.717) is 0 Å². The number of aromatic nitrogens is 3. The molecule has 0 aliphatic heterocycles. The first kappa shape index (κ1) is 38.4. The molecule has 3 heterocycles. The number of rotatable bonds is 8. The van der Waals surface area contributed by atoms with Gasteiger partial charge in [-0.1, -0.05) is 3.89 Å². The third-order valence-electron chi connectivity index (χ3n) is 3.70. The van der Waals surface area contributed by atoms with Crippen molar-refractivity contribution in [2.24, 2.45) is 0 Å². The van der Waals surface area contributed by atoms with Gasteiger partial charge in [0.1, 0.15) is 0 Å². The number of hydrogen-bond donors (Lipinski definition) is 3. The molecule has 0 fully saturated rings. The van der Waals surface area contributed by atoms with Gasteiger partial charge in [-0.25, -0.2) is 14.8 Å². The Morgan fingerprint density at radius 3 is 1.75 bits per heavy atom. The molecule has 0 amide bonds. The highest BCUT2D eigenvalue weighted by molar-refractivity contribution is 7.88. The van der Waals surface area contributed by atoms with Gasteiger partial charge in [0.2, 0.25) is 5.88 Å². The largest absolute Gasteiger partial charge is 0.476 e. The molecule has 25 heteroatoms. The van der Waals surface area contributed by atoms with Gasteiger partial charge in [0.15, 0.2) is 0 Å². The first-order valence-corrected chi connectivity index (χ1v) is 11.7. The van der Waals surface area contributed by atoms with Crippen molar-refractivity contribution in [3.05, 3.63) is 85.6 Å². The molecular weight excluding hydrogens is 653 g/mol. The van der Waals surface area contributed by atoms with Gasteiger partial charge in [0.25, 0.3) is 5.88 Å². The molecule has 0 bridgehead atoms. The van der Waals surface area contributed by atoms with Crippen LogP contribution in [-0.2, 0) is 15.0 Å². The molecule has 3 aromatic heterocycles. The summed E-state index contributed by atoms with van der Waals surface area (Å²) in [4.78, 5) is 47.5. The van der Waals surface area contributed by atoms with Crippen LogP contribution in [0.3, 0.4) is 0 Å². The van der Waals surface area contributed by atoms with Gasteiger partial charge in [-0.2, -0.15) is 34.8 Å². The van der Waals surface area contributed by atoms with Crippen molar-refractivity contribution >= 4 is 33.3 Å². The minimum absolute atomic E-state index is 0.104.